The number of benzene rings is 2. The van der Waals surface area contributed by atoms with Crippen molar-refractivity contribution in [2.45, 2.75) is 17.5 Å². The lowest BCUT2D eigenvalue weighted by Gasteiger charge is -2.20. The molecule has 2 aliphatic heterocycles. The van der Waals surface area contributed by atoms with Gasteiger partial charge in [0.1, 0.15) is 5.37 Å². The van der Waals surface area contributed by atoms with Crippen LogP contribution in [0.5, 0.6) is 0 Å². The Kier molecular flexibility index (Phi) is 5.36. The van der Waals surface area contributed by atoms with E-state index in [0.29, 0.717) is 22.6 Å². The Labute approximate surface area is 188 Å². The minimum Gasteiger partial charge on any atom is -0.434 e. The molecule has 1 aromatic heterocycles. The number of nitrogens with one attached hydrogen (secondary N) is 1. The van der Waals surface area contributed by atoms with Gasteiger partial charge in [0.05, 0.1) is 6.04 Å². The lowest BCUT2D eigenvalue weighted by Crippen LogP contribution is -2.40. The summed E-state index contributed by atoms with van der Waals surface area (Å²) in [5, 5.41) is 2.57. The molecular weight excluding hydrogens is 426 g/mol. The van der Waals surface area contributed by atoms with Gasteiger partial charge < -0.3 is 10.1 Å². The Bertz CT molecular complexity index is 1170. The van der Waals surface area contributed by atoms with Crippen LogP contribution in [-0.2, 0) is 9.53 Å². The number of carbonyl (C=O) groups excluding carboxylic acids is 3. The van der Waals surface area contributed by atoms with E-state index in [1.807, 2.05) is 18.2 Å². The molecule has 5 rings (SSSR count). The van der Waals surface area contributed by atoms with Crippen molar-refractivity contribution in [1.82, 2.24) is 9.88 Å². The fourth-order valence-electron chi connectivity index (χ4n) is 3.95. The summed E-state index contributed by atoms with van der Waals surface area (Å²) in [6.07, 6.45) is 1.96. The minimum atomic E-state index is -0.926. The standard InChI is InChI=1S/C24H19N3O4S/c28-20(15-6-2-1-3-7-15)16-8-4-10-18(12-16)26-22(29)21-19-14-32-23(27(19)24(30)31-21)17-9-5-11-25-13-17/h1-13,19,21,23H,14H2,(H,26,29)/t19-,21+,23+/m0/s1. The first-order valence-electron chi connectivity index (χ1n) is 10.1. The molecule has 0 unspecified atom stereocenters. The van der Waals surface area contributed by atoms with Crippen molar-refractivity contribution in [2.75, 3.05) is 11.1 Å². The molecular formula is C24H19N3O4S. The van der Waals surface area contributed by atoms with Gasteiger partial charge >= 0.3 is 6.09 Å². The molecule has 1 N–H and O–H groups in total. The Morgan fingerprint density at radius 1 is 1.03 bits per heavy atom. The van der Waals surface area contributed by atoms with Gasteiger partial charge in [-0.1, -0.05) is 48.5 Å². The highest BCUT2D eigenvalue weighted by Crippen LogP contribution is 2.45. The fraction of sp³-hybridized carbons (Fsp3) is 0.167. The number of hydrogen-bond donors (Lipinski definition) is 1. The Hall–Kier alpha value is -3.65. The maximum atomic E-state index is 13.0. The van der Waals surface area contributed by atoms with Crippen molar-refractivity contribution in [2.24, 2.45) is 0 Å². The minimum absolute atomic E-state index is 0.133. The average molecular weight is 446 g/mol. The van der Waals surface area contributed by atoms with Crippen LogP contribution in [0.25, 0.3) is 0 Å². The molecule has 2 fully saturated rings. The first-order valence-corrected chi connectivity index (χ1v) is 11.2. The van der Waals surface area contributed by atoms with E-state index in [0.717, 1.165) is 5.56 Å². The lowest BCUT2D eigenvalue weighted by atomic mass is 10.0. The number of hydrogen-bond acceptors (Lipinski definition) is 6. The van der Waals surface area contributed by atoms with Crippen molar-refractivity contribution in [3.8, 4) is 0 Å². The maximum absolute atomic E-state index is 13.0. The van der Waals surface area contributed by atoms with Crippen molar-refractivity contribution >= 4 is 35.2 Å². The Morgan fingerprint density at radius 3 is 2.62 bits per heavy atom. The number of ether oxygens (including phenoxy) is 1. The molecule has 7 nitrogen and oxygen atoms in total. The Balaban J connectivity index is 1.31. The Morgan fingerprint density at radius 2 is 1.84 bits per heavy atom. The third kappa shape index (κ3) is 3.73. The quantitative estimate of drug-likeness (QED) is 0.600. The second-order valence-corrected chi connectivity index (χ2v) is 8.63. The topological polar surface area (TPSA) is 88.6 Å². The van der Waals surface area contributed by atoms with E-state index in [4.69, 9.17) is 4.74 Å². The van der Waals surface area contributed by atoms with Crippen LogP contribution < -0.4 is 5.32 Å². The van der Waals surface area contributed by atoms with E-state index in [1.54, 1.807) is 77.6 Å². The van der Waals surface area contributed by atoms with Crippen LogP contribution in [0.2, 0.25) is 0 Å². The highest BCUT2D eigenvalue weighted by molar-refractivity contribution is 7.99. The number of amides is 2. The van der Waals surface area contributed by atoms with Gasteiger partial charge in [0, 0.05) is 40.5 Å². The summed E-state index contributed by atoms with van der Waals surface area (Å²) in [6.45, 7) is 0. The first-order chi connectivity index (χ1) is 15.6. The van der Waals surface area contributed by atoms with Crippen molar-refractivity contribution in [3.05, 3.63) is 95.8 Å². The number of rotatable bonds is 5. The van der Waals surface area contributed by atoms with Gasteiger partial charge in [-0.15, -0.1) is 11.8 Å². The summed E-state index contributed by atoms with van der Waals surface area (Å²) < 4.78 is 5.44. The van der Waals surface area contributed by atoms with Crippen LogP contribution in [-0.4, -0.2) is 45.6 Å². The number of thioether (sulfide) groups is 1. The second-order valence-electron chi connectivity index (χ2n) is 7.52. The van der Waals surface area contributed by atoms with E-state index >= 15 is 0 Å². The van der Waals surface area contributed by atoms with Gasteiger partial charge in [-0.2, -0.15) is 0 Å². The molecule has 160 valence electrons. The van der Waals surface area contributed by atoms with Gasteiger partial charge in [-0.25, -0.2) is 4.79 Å². The molecule has 0 bridgehead atoms. The number of fused-ring (bicyclic) bond motifs is 1. The molecule has 0 saturated carbocycles. The summed E-state index contributed by atoms with van der Waals surface area (Å²) in [4.78, 5) is 44.0. The van der Waals surface area contributed by atoms with E-state index in [9.17, 15) is 14.4 Å². The van der Waals surface area contributed by atoms with Crippen LogP contribution in [0.15, 0.2) is 79.1 Å². The number of nitrogens with zero attached hydrogens (tertiary/aromatic N) is 2. The fourth-order valence-corrected chi connectivity index (χ4v) is 5.40. The molecule has 0 radical (unpaired) electrons. The van der Waals surface area contributed by atoms with E-state index < -0.39 is 18.1 Å². The van der Waals surface area contributed by atoms with Gasteiger partial charge in [0.15, 0.2) is 5.78 Å². The van der Waals surface area contributed by atoms with Crippen LogP contribution in [0.3, 0.4) is 0 Å². The SMILES string of the molecule is O=C(c1ccccc1)c1cccc(NC(=O)[C@@H]2OC(=O)N3[C@@H](c4cccnc4)SC[C@@H]23)c1. The lowest BCUT2D eigenvalue weighted by molar-refractivity contribution is -0.123. The summed E-state index contributed by atoms with van der Waals surface area (Å²) in [5.41, 5.74) is 2.40. The van der Waals surface area contributed by atoms with Crippen LogP contribution >= 0.6 is 11.8 Å². The van der Waals surface area contributed by atoms with Crippen molar-refractivity contribution in [1.29, 1.82) is 0 Å². The van der Waals surface area contributed by atoms with E-state index in [2.05, 4.69) is 10.3 Å². The van der Waals surface area contributed by atoms with Crippen LogP contribution in [0, 0.1) is 0 Å². The zero-order chi connectivity index (χ0) is 22.1. The molecule has 3 atom stereocenters. The maximum Gasteiger partial charge on any atom is 0.412 e. The van der Waals surface area contributed by atoms with Gasteiger partial charge in [0.25, 0.3) is 5.91 Å². The normalized spacial score (nSPS) is 21.7. The molecule has 3 heterocycles. The smallest absolute Gasteiger partial charge is 0.412 e. The molecule has 2 saturated heterocycles. The van der Waals surface area contributed by atoms with Crippen LogP contribution in [0.4, 0.5) is 10.5 Å². The summed E-state index contributed by atoms with van der Waals surface area (Å²) in [7, 11) is 0. The predicted molar refractivity (Wildman–Crippen MR) is 120 cm³/mol. The molecule has 0 spiro atoms. The van der Waals surface area contributed by atoms with E-state index in [1.165, 1.54) is 0 Å². The molecule has 2 aliphatic rings. The molecule has 2 amide bonds. The number of aromatic nitrogens is 1. The molecule has 32 heavy (non-hydrogen) atoms. The van der Waals surface area contributed by atoms with E-state index in [-0.39, 0.29) is 17.2 Å². The predicted octanol–water partition coefficient (Wildman–Crippen LogP) is 3.89. The number of ketones is 1. The highest BCUT2D eigenvalue weighted by Gasteiger charge is 2.53. The number of cyclic esters (lactones) is 1. The third-order valence-corrected chi connectivity index (χ3v) is 6.83. The zero-order valence-corrected chi connectivity index (χ0v) is 17.7. The monoisotopic (exact) mass is 445 g/mol. The highest BCUT2D eigenvalue weighted by atomic mass is 32.2. The largest absolute Gasteiger partial charge is 0.434 e. The first kappa shape index (κ1) is 20.3. The number of carbonyl (C=O) groups is 3. The molecule has 0 aliphatic carbocycles. The number of anilines is 1. The second kappa shape index (κ2) is 8.47. The van der Waals surface area contributed by atoms with Crippen molar-refractivity contribution < 1.29 is 19.1 Å². The summed E-state index contributed by atoms with van der Waals surface area (Å²) in [5.74, 6) is 0.0323. The molecule has 3 aromatic rings. The summed E-state index contributed by atoms with van der Waals surface area (Å²) in [6, 6.07) is 19.0. The average Bonchev–Trinajstić information content (AvgIpc) is 3.41. The van der Waals surface area contributed by atoms with Gasteiger partial charge in [-0.05, 0) is 18.2 Å². The molecule has 8 heteroatoms. The number of pyridine rings is 1. The van der Waals surface area contributed by atoms with Crippen LogP contribution in [0.1, 0.15) is 26.9 Å². The summed E-state index contributed by atoms with van der Waals surface area (Å²) >= 11 is 1.58. The molecule has 2 aromatic carbocycles. The third-order valence-electron chi connectivity index (χ3n) is 5.48. The van der Waals surface area contributed by atoms with Gasteiger partial charge in [-0.3, -0.25) is 19.5 Å². The van der Waals surface area contributed by atoms with Crippen molar-refractivity contribution in [3.63, 3.8) is 0 Å². The zero-order valence-electron chi connectivity index (χ0n) is 16.9. The van der Waals surface area contributed by atoms with Gasteiger partial charge in [0.2, 0.25) is 6.10 Å².